The second kappa shape index (κ2) is 9.93. The summed E-state index contributed by atoms with van der Waals surface area (Å²) in [4.78, 5) is 12.4. The summed E-state index contributed by atoms with van der Waals surface area (Å²) in [5, 5.41) is 2.39. The van der Waals surface area contributed by atoms with E-state index >= 15 is 0 Å². The molecule has 0 saturated carbocycles. The third kappa shape index (κ3) is 6.53. The van der Waals surface area contributed by atoms with E-state index in [4.69, 9.17) is 4.74 Å². The third-order valence-corrected chi connectivity index (χ3v) is 5.90. The largest absolute Gasteiger partial charge is 0.489 e. The Bertz CT molecular complexity index is 1160. The molecular formula is C22H20BrFN2O4S. The standard InChI is InChI=1S/C22H20BrFN2O4S/c1-31(28,29)26(14-22(27)25-21-12-7-17(23)13-20(21)24)18-8-10-19(11-9-18)30-15-16-5-3-2-4-6-16/h2-13H,14-15H2,1H3,(H,25,27). The number of sulfonamides is 1. The first-order chi connectivity index (χ1) is 14.7. The van der Waals surface area contributed by atoms with Gasteiger partial charge in [0.1, 0.15) is 24.7 Å². The second-order valence-corrected chi connectivity index (χ2v) is 9.53. The van der Waals surface area contributed by atoms with Crippen LogP contribution in [-0.2, 0) is 21.4 Å². The molecule has 0 fully saturated rings. The highest BCUT2D eigenvalue weighted by Crippen LogP contribution is 2.23. The average Bonchev–Trinajstić information content (AvgIpc) is 2.73. The molecule has 0 atom stereocenters. The van der Waals surface area contributed by atoms with E-state index in [0.717, 1.165) is 16.1 Å². The minimum atomic E-state index is -3.76. The maximum atomic E-state index is 14.0. The molecule has 6 nitrogen and oxygen atoms in total. The number of hydrogen-bond acceptors (Lipinski definition) is 4. The molecule has 0 unspecified atom stereocenters. The highest BCUT2D eigenvalue weighted by Gasteiger charge is 2.21. The van der Waals surface area contributed by atoms with Crippen LogP contribution in [-0.4, -0.2) is 27.1 Å². The van der Waals surface area contributed by atoms with Crippen molar-refractivity contribution in [3.63, 3.8) is 0 Å². The number of amides is 1. The second-order valence-electron chi connectivity index (χ2n) is 6.71. The minimum absolute atomic E-state index is 0.0358. The van der Waals surface area contributed by atoms with Crippen LogP contribution in [0.15, 0.2) is 77.3 Å². The van der Waals surface area contributed by atoms with Gasteiger partial charge in [-0.1, -0.05) is 46.3 Å². The van der Waals surface area contributed by atoms with E-state index in [1.54, 1.807) is 30.3 Å². The molecule has 0 saturated heterocycles. The SMILES string of the molecule is CS(=O)(=O)N(CC(=O)Nc1ccc(Br)cc1F)c1ccc(OCc2ccccc2)cc1. The molecule has 1 amide bonds. The molecule has 0 aromatic heterocycles. The Labute approximate surface area is 188 Å². The third-order valence-electron chi connectivity index (χ3n) is 4.27. The fourth-order valence-corrected chi connectivity index (χ4v) is 3.95. The van der Waals surface area contributed by atoms with Crippen molar-refractivity contribution in [3.05, 3.63) is 88.6 Å². The summed E-state index contributed by atoms with van der Waals surface area (Å²) in [6.45, 7) is -0.129. The van der Waals surface area contributed by atoms with Gasteiger partial charge >= 0.3 is 0 Å². The van der Waals surface area contributed by atoms with Crippen LogP contribution < -0.4 is 14.4 Å². The van der Waals surface area contributed by atoms with E-state index in [0.29, 0.717) is 22.5 Å². The van der Waals surface area contributed by atoms with Gasteiger partial charge in [-0.15, -0.1) is 0 Å². The van der Waals surface area contributed by atoms with Crippen LogP contribution in [0.5, 0.6) is 5.75 Å². The van der Waals surface area contributed by atoms with Crippen LogP contribution in [0.25, 0.3) is 0 Å². The number of hydrogen-bond donors (Lipinski definition) is 1. The van der Waals surface area contributed by atoms with E-state index in [-0.39, 0.29) is 5.69 Å². The zero-order valence-corrected chi connectivity index (χ0v) is 19.0. The lowest BCUT2D eigenvalue weighted by Crippen LogP contribution is -2.37. The normalized spacial score (nSPS) is 11.1. The minimum Gasteiger partial charge on any atom is -0.489 e. The molecule has 3 aromatic rings. The topological polar surface area (TPSA) is 75.7 Å². The number of nitrogens with one attached hydrogen (secondary N) is 1. The molecule has 0 aliphatic heterocycles. The van der Waals surface area contributed by atoms with E-state index in [1.807, 2.05) is 30.3 Å². The number of halogens is 2. The van der Waals surface area contributed by atoms with Crippen LogP contribution in [0.3, 0.4) is 0 Å². The van der Waals surface area contributed by atoms with Crippen molar-refractivity contribution in [3.8, 4) is 5.75 Å². The Kier molecular flexibility index (Phi) is 7.29. The molecule has 0 spiro atoms. The van der Waals surface area contributed by atoms with E-state index in [9.17, 15) is 17.6 Å². The van der Waals surface area contributed by atoms with Crippen LogP contribution in [0.1, 0.15) is 5.56 Å². The first-order valence-electron chi connectivity index (χ1n) is 9.22. The fraction of sp³-hybridized carbons (Fsp3) is 0.136. The number of rotatable bonds is 8. The van der Waals surface area contributed by atoms with Crippen LogP contribution >= 0.6 is 15.9 Å². The Hall–Kier alpha value is -2.91. The maximum Gasteiger partial charge on any atom is 0.245 e. The van der Waals surface area contributed by atoms with Crippen LogP contribution in [0.4, 0.5) is 15.8 Å². The molecule has 0 aliphatic carbocycles. The van der Waals surface area contributed by atoms with Gasteiger partial charge < -0.3 is 10.1 Å². The van der Waals surface area contributed by atoms with Gasteiger partial charge in [0, 0.05) is 4.47 Å². The number of carbonyl (C=O) groups is 1. The van der Waals surface area contributed by atoms with Gasteiger partial charge in [0.2, 0.25) is 15.9 Å². The Morgan fingerprint density at radius 3 is 2.35 bits per heavy atom. The predicted molar refractivity (Wildman–Crippen MR) is 122 cm³/mol. The quantitative estimate of drug-likeness (QED) is 0.485. The summed E-state index contributed by atoms with van der Waals surface area (Å²) in [6.07, 6.45) is 1.00. The summed E-state index contributed by atoms with van der Waals surface area (Å²) in [6, 6.07) is 20.1. The molecule has 162 valence electrons. The lowest BCUT2D eigenvalue weighted by atomic mass is 10.2. The van der Waals surface area contributed by atoms with Gasteiger partial charge in [-0.25, -0.2) is 12.8 Å². The monoisotopic (exact) mass is 506 g/mol. The molecule has 0 aliphatic rings. The molecular weight excluding hydrogens is 487 g/mol. The van der Waals surface area contributed by atoms with Crippen molar-refractivity contribution in [2.45, 2.75) is 6.61 Å². The highest BCUT2D eigenvalue weighted by molar-refractivity contribution is 9.10. The van der Waals surface area contributed by atoms with Crippen molar-refractivity contribution in [1.82, 2.24) is 0 Å². The smallest absolute Gasteiger partial charge is 0.245 e. The van der Waals surface area contributed by atoms with Gasteiger partial charge in [0.05, 0.1) is 17.6 Å². The fourth-order valence-electron chi connectivity index (χ4n) is 2.76. The van der Waals surface area contributed by atoms with E-state index in [2.05, 4.69) is 21.2 Å². The highest BCUT2D eigenvalue weighted by atomic mass is 79.9. The Balaban J connectivity index is 1.69. The summed E-state index contributed by atoms with van der Waals surface area (Å²) in [5.41, 5.74) is 1.26. The van der Waals surface area contributed by atoms with Gasteiger partial charge in [-0.3, -0.25) is 9.10 Å². The summed E-state index contributed by atoms with van der Waals surface area (Å²) in [7, 11) is -3.76. The lowest BCUT2D eigenvalue weighted by Gasteiger charge is -2.22. The lowest BCUT2D eigenvalue weighted by molar-refractivity contribution is -0.114. The van der Waals surface area contributed by atoms with E-state index in [1.165, 1.54) is 12.1 Å². The summed E-state index contributed by atoms with van der Waals surface area (Å²) >= 11 is 3.14. The number of carbonyl (C=O) groups excluding carboxylic acids is 1. The van der Waals surface area contributed by atoms with Crippen molar-refractivity contribution in [1.29, 1.82) is 0 Å². The zero-order chi connectivity index (χ0) is 22.4. The first kappa shape index (κ1) is 22.8. The summed E-state index contributed by atoms with van der Waals surface area (Å²) in [5.74, 6) is -0.743. The molecule has 31 heavy (non-hydrogen) atoms. The predicted octanol–water partition coefficient (Wildman–Crippen LogP) is 4.57. The number of nitrogens with zero attached hydrogens (tertiary/aromatic N) is 1. The van der Waals surface area contributed by atoms with E-state index < -0.39 is 28.3 Å². The molecule has 3 rings (SSSR count). The molecule has 0 radical (unpaired) electrons. The van der Waals surface area contributed by atoms with Gasteiger partial charge in [-0.2, -0.15) is 0 Å². The van der Waals surface area contributed by atoms with Crippen LogP contribution in [0.2, 0.25) is 0 Å². The van der Waals surface area contributed by atoms with Gasteiger partial charge in [0.25, 0.3) is 0 Å². The zero-order valence-electron chi connectivity index (χ0n) is 16.6. The maximum absolute atomic E-state index is 14.0. The number of ether oxygens (including phenoxy) is 1. The first-order valence-corrected chi connectivity index (χ1v) is 11.9. The molecule has 1 N–H and O–H groups in total. The number of benzene rings is 3. The van der Waals surface area contributed by atoms with Gasteiger partial charge in [0.15, 0.2) is 0 Å². The van der Waals surface area contributed by atoms with Crippen molar-refractivity contribution in [2.24, 2.45) is 0 Å². The Morgan fingerprint density at radius 2 is 1.74 bits per heavy atom. The number of anilines is 2. The Morgan fingerprint density at radius 1 is 1.06 bits per heavy atom. The molecule has 3 aromatic carbocycles. The molecule has 9 heteroatoms. The molecule has 0 bridgehead atoms. The summed E-state index contributed by atoms with van der Waals surface area (Å²) < 4.78 is 45.6. The van der Waals surface area contributed by atoms with Crippen molar-refractivity contribution in [2.75, 3.05) is 22.4 Å². The van der Waals surface area contributed by atoms with Gasteiger partial charge in [-0.05, 0) is 48.0 Å². The molecule has 0 heterocycles. The van der Waals surface area contributed by atoms with Crippen molar-refractivity contribution < 1.29 is 22.3 Å². The van der Waals surface area contributed by atoms with Crippen LogP contribution in [0, 0.1) is 5.82 Å². The average molecular weight is 507 g/mol. The van der Waals surface area contributed by atoms with Crippen molar-refractivity contribution >= 4 is 43.2 Å².